The molecule has 0 saturated carbocycles. The molecule has 2 N–H and O–H groups in total. The highest BCUT2D eigenvalue weighted by molar-refractivity contribution is 5.66. The summed E-state index contributed by atoms with van der Waals surface area (Å²) in [5, 5.41) is 16.6. The van der Waals surface area contributed by atoms with Crippen LogP contribution in [0.3, 0.4) is 0 Å². The van der Waals surface area contributed by atoms with Crippen LogP contribution in [0.5, 0.6) is 0 Å². The molecule has 0 bridgehead atoms. The van der Waals surface area contributed by atoms with E-state index in [0.717, 1.165) is 17.7 Å². The van der Waals surface area contributed by atoms with Crippen LogP contribution < -0.4 is 5.32 Å². The van der Waals surface area contributed by atoms with Crippen LogP contribution in [-0.2, 0) is 17.8 Å². The van der Waals surface area contributed by atoms with Gasteiger partial charge in [-0.1, -0.05) is 42.5 Å². The van der Waals surface area contributed by atoms with E-state index in [1.165, 1.54) is 11.9 Å². The Balaban J connectivity index is 1.60. The van der Waals surface area contributed by atoms with Gasteiger partial charge in [0.15, 0.2) is 0 Å². The van der Waals surface area contributed by atoms with E-state index >= 15 is 0 Å². The van der Waals surface area contributed by atoms with Crippen molar-refractivity contribution in [2.24, 2.45) is 0 Å². The summed E-state index contributed by atoms with van der Waals surface area (Å²) in [7, 11) is 0. The number of aliphatic carboxylic acids is 1. The zero-order chi connectivity index (χ0) is 18.2. The minimum atomic E-state index is -0.762. The lowest BCUT2D eigenvalue weighted by Gasteiger charge is -2.18. The lowest BCUT2D eigenvalue weighted by atomic mass is 10.0. The molecule has 3 rings (SSSR count). The van der Waals surface area contributed by atoms with E-state index in [2.05, 4.69) is 27.5 Å². The fourth-order valence-electron chi connectivity index (χ4n) is 2.84. The maximum absolute atomic E-state index is 10.9. The summed E-state index contributed by atoms with van der Waals surface area (Å²) in [5.74, 6) is -0.762. The van der Waals surface area contributed by atoms with Gasteiger partial charge in [-0.25, -0.2) is 9.67 Å². The van der Waals surface area contributed by atoms with Crippen LogP contribution in [0.25, 0.3) is 5.69 Å². The van der Waals surface area contributed by atoms with Crippen molar-refractivity contribution in [2.45, 2.75) is 31.8 Å². The Morgan fingerprint density at radius 2 is 1.85 bits per heavy atom. The molecule has 1 atom stereocenters. The summed E-state index contributed by atoms with van der Waals surface area (Å²) in [6.45, 7) is 0.689. The van der Waals surface area contributed by atoms with Crippen molar-refractivity contribution in [2.75, 3.05) is 0 Å². The average Bonchev–Trinajstić information content (AvgIpc) is 3.20. The third-order valence-corrected chi connectivity index (χ3v) is 4.25. The molecule has 6 nitrogen and oxygen atoms in total. The Kier molecular flexibility index (Phi) is 6.11. The molecule has 0 spiro atoms. The van der Waals surface area contributed by atoms with Crippen molar-refractivity contribution in [3.05, 3.63) is 78.4 Å². The normalized spacial score (nSPS) is 12.0. The molecule has 0 aliphatic rings. The molecule has 0 radical (unpaired) electrons. The third kappa shape index (κ3) is 5.26. The SMILES string of the molecule is O=C(O)CCC(Cc1ccccc1)NCc1ccc(-n2cncn2)cc1. The molecule has 26 heavy (non-hydrogen) atoms. The van der Waals surface area contributed by atoms with Crippen LogP contribution in [0.2, 0.25) is 0 Å². The molecule has 1 heterocycles. The summed E-state index contributed by atoms with van der Waals surface area (Å²) in [4.78, 5) is 14.9. The molecule has 0 amide bonds. The smallest absolute Gasteiger partial charge is 0.303 e. The zero-order valence-electron chi connectivity index (χ0n) is 14.5. The number of carboxylic acids is 1. The highest BCUT2D eigenvalue weighted by Gasteiger charge is 2.11. The number of hydrogen-bond donors (Lipinski definition) is 2. The van der Waals surface area contributed by atoms with Crippen molar-refractivity contribution in [1.82, 2.24) is 20.1 Å². The summed E-state index contributed by atoms with van der Waals surface area (Å²) < 4.78 is 1.71. The molecule has 1 aromatic heterocycles. The van der Waals surface area contributed by atoms with Gasteiger partial charge in [0.1, 0.15) is 12.7 Å². The Hall–Kier alpha value is -2.99. The highest BCUT2D eigenvalue weighted by atomic mass is 16.4. The van der Waals surface area contributed by atoms with Gasteiger partial charge in [-0.3, -0.25) is 4.79 Å². The molecule has 0 fully saturated rings. The minimum absolute atomic E-state index is 0.114. The van der Waals surface area contributed by atoms with E-state index in [-0.39, 0.29) is 12.5 Å². The molecule has 0 aliphatic carbocycles. The van der Waals surface area contributed by atoms with Crippen LogP contribution in [0.15, 0.2) is 67.3 Å². The average molecular weight is 350 g/mol. The summed E-state index contributed by atoms with van der Waals surface area (Å²) in [6, 6.07) is 18.3. The predicted molar refractivity (Wildman–Crippen MR) is 99.0 cm³/mol. The summed E-state index contributed by atoms with van der Waals surface area (Å²) in [5.41, 5.74) is 3.30. The van der Waals surface area contributed by atoms with E-state index < -0.39 is 5.97 Å². The van der Waals surface area contributed by atoms with Gasteiger partial charge >= 0.3 is 5.97 Å². The van der Waals surface area contributed by atoms with Gasteiger partial charge in [-0.05, 0) is 36.1 Å². The zero-order valence-corrected chi connectivity index (χ0v) is 14.5. The molecule has 0 saturated heterocycles. The number of benzene rings is 2. The van der Waals surface area contributed by atoms with Crippen LogP contribution in [0.4, 0.5) is 0 Å². The fraction of sp³-hybridized carbons (Fsp3) is 0.250. The minimum Gasteiger partial charge on any atom is -0.481 e. The Bertz CT molecular complexity index is 802. The van der Waals surface area contributed by atoms with E-state index in [9.17, 15) is 4.79 Å². The van der Waals surface area contributed by atoms with Crippen molar-refractivity contribution in [3.63, 3.8) is 0 Å². The molecule has 1 unspecified atom stereocenters. The summed E-state index contributed by atoms with van der Waals surface area (Å²) >= 11 is 0. The van der Waals surface area contributed by atoms with Crippen molar-refractivity contribution >= 4 is 5.97 Å². The molecule has 2 aromatic carbocycles. The number of rotatable bonds is 9. The van der Waals surface area contributed by atoms with E-state index in [0.29, 0.717) is 13.0 Å². The first-order valence-electron chi connectivity index (χ1n) is 8.64. The Labute approximate surface area is 152 Å². The fourth-order valence-corrected chi connectivity index (χ4v) is 2.84. The number of hydrogen-bond acceptors (Lipinski definition) is 4. The molecule has 134 valence electrons. The van der Waals surface area contributed by atoms with Crippen LogP contribution in [0, 0.1) is 0 Å². The van der Waals surface area contributed by atoms with Crippen molar-refractivity contribution in [3.8, 4) is 5.69 Å². The van der Waals surface area contributed by atoms with Crippen LogP contribution in [0.1, 0.15) is 24.0 Å². The molecule has 3 aromatic rings. The molecular weight excluding hydrogens is 328 g/mol. The number of aromatic nitrogens is 3. The van der Waals surface area contributed by atoms with Gasteiger partial charge in [-0.15, -0.1) is 0 Å². The van der Waals surface area contributed by atoms with Crippen LogP contribution in [-0.4, -0.2) is 31.9 Å². The number of carbonyl (C=O) groups is 1. The first kappa shape index (κ1) is 17.8. The number of nitrogens with zero attached hydrogens (tertiary/aromatic N) is 3. The molecule has 0 aliphatic heterocycles. The second-order valence-electron chi connectivity index (χ2n) is 6.21. The van der Waals surface area contributed by atoms with Gasteiger partial charge in [0, 0.05) is 19.0 Å². The van der Waals surface area contributed by atoms with Gasteiger partial charge in [0.2, 0.25) is 0 Å². The maximum Gasteiger partial charge on any atom is 0.303 e. The van der Waals surface area contributed by atoms with E-state index in [1.54, 1.807) is 11.0 Å². The highest BCUT2D eigenvalue weighted by Crippen LogP contribution is 2.11. The van der Waals surface area contributed by atoms with Gasteiger partial charge < -0.3 is 10.4 Å². The van der Waals surface area contributed by atoms with Crippen molar-refractivity contribution in [1.29, 1.82) is 0 Å². The first-order chi connectivity index (χ1) is 12.7. The number of nitrogens with one attached hydrogen (secondary N) is 1. The Morgan fingerprint density at radius 1 is 1.08 bits per heavy atom. The van der Waals surface area contributed by atoms with Gasteiger partial charge in [0.05, 0.1) is 5.69 Å². The maximum atomic E-state index is 10.9. The lowest BCUT2D eigenvalue weighted by molar-refractivity contribution is -0.137. The van der Waals surface area contributed by atoms with Gasteiger partial charge in [-0.2, -0.15) is 5.10 Å². The standard InChI is InChI=1S/C20H22N4O2/c25-20(26)11-8-18(12-16-4-2-1-3-5-16)22-13-17-6-9-19(10-7-17)24-15-21-14-23-24/h1-7,9-10,14-15,18,22H,8,11-13H2,(H,25,26). The van der Waals surface area contributed by atoms with E-state index in [4.69, 9.17) is 5.11 Å². The van der Waals surface area contributed by atoms with Gasteiger partial charge in [0.25, 0.3) is 0 Å². The largest absolute Gasteiger partial charge is 0.481 e. The second kappa shape index (κ2) is 8.92. The monoisotopic (exact) mass is 350 g/mol. The third-order valence-electron chi connectivity index (χ3n) is 4.25. The molecular formula is C20H22N4O2. The number of carboxylic acid groups (broad SMARTS) is 1. The quantitative estimate of drug-likeness (QED) is 0.620. The summed E-state index contributed by atoms with van der Waals surface area (Å²) in [6.07, 6.45) is 4.74. The molecule has 6 heteroatoms. The first-order valence-corrected chi connectivity index (χ1v) is 8.64. The predicted octanol–water partition coefficient (Wildman–Crippen LogP) is 2.83. The lowest BCUT2D eigenvalue weighted by Crippen LogP contribution is -2.31. The van der Waals surface area contributed by atoms with Crippen molar-refractivity contribution < 1.29 is 9.90 Å². The second-order valence-corrected chi connectivity index (χ2v) is 6.21. The van der Waals surface area contributed by atoms with E-state index in [1.807, 2.05) is 42.5 Å². The Morgan fingerprint density at radius 3 is 2.50 bits per heavy atom. The topological polar surface area (TPSA) is 80.0 Å². The van der Waals surface area contributed by atoms with Crippen LogP contribution >= 0.6 is 0 Å².